The monoisotopic (exact) mass is 366 g/mol. The molecule has 1 saturated heterocycles. The Bertz CT molecular complexity index is 607. The second-order valence-corrected chi connectivity index (χ2v) is 7.20. The van der Waals surface area contributed by atoms with Crippen LogP contribution in [0.4, 0.5) is 9.18 Å². The van der Waals surface area contributed by atoms with Gasteiger partial charge in [0.15, 0.2) is 0 Å². The number of amides is 1. The Hall–Kier alpha value is -1.19. The SMILES string of the molecule is O=C(O)N[C@@H]1CN(S(=O)(=O)c2ccc(Br)cc2)C[C@H]1F. The predicted octanol–water partition coefficient (Wildman–Crippen LogP) is 1.43. The maximum absolute atomic E-state index is 13.7. The zero-order chi connectivity index (χ0) is 14.9. The lowest BCUT2D eigenvalue weighted by atomic mass is 10.2. The zero-order valence-corrected chi connectivity index (χ0v) is 12.6. The third-order valence-corrected chi connectivity index (χ3v) is 5.35. The van der Waals surface area contributed by atoms with E-state index in [4.69, 9.17) is 5.11 Å². The molecule has 110 valence electrons. The first kappa shape index (κ1) is 15.2. The minimum atomic E-state index is -3.82. The molecule has 1 fully saturated rings. The summed E-state index contributed by atoms with van der Waals surface area (Å²) in [4.78, 5) is 10.6. The van der Waals surface area contributed by atoms with Gasteiger partial charge in [-0.1, -0.05) is 15.9 Å². The lowest BCUT2D eigenvalue weighted by Gasteiger charge is -2.16. The quantitative estimate of drug-likeness (QED) is 0.846. The molecule has 9 heteroatoms. The van der Waals surface area contributed by atoms with Gasteiger partial charge in [0.05, 0.1) is 10.9 Å². The molecule has 20 heavy (non-hydrogen) atoms. The van der Waals surface area contributed by atoms with Crippen molar-refractivity contribution < 1.29 is 22.7 Å². The number of nitrogens with one attached hydrogen (secondary N) is 1. The molecule has 1 aromatic rings. The van der Waals surface area contributed by atoms with Crippen LogP contribution in [0, 0.1) is 0 Å². The van der Waals surface area contributed by atoms with Crippen LogP contribution in [0.2, 0.25) is 0 Å². The standard InChI is InChI=1S/C11H12BrFN2O4S/c12-7-1-3-8(4-2-7)20(18,19)15-5-9(13)10(6-15)14-11(16)17/h1-4,9-10,14H,5-6H2,(H,16,17)/t9-,10-/m1/s1. The Morgan fingerprint density at radius 1 is 1.35 bits per heavy atom. The molecule has 2 N–H and O–H groups in total. The van der Waals surface area contributed by atoms with E-state index in [2.05, 4.69) is 15.9 Å². The highest BCUT2D eigenvalue weighted by atomic mass is 79.9. The Morgan fingerprint density at radius 3 is 2.50 bits per heavy atom. The molecule has 0 saturated carbocycles. The number of carboxylic acid groups (broad SMARTS) is 1. The summed E-state index contributed by atoms with van der Waals surface area (Å²) in [5, 5.41) is 10.6. The summed E-state index contributed by atoms with van der Waals surface area (Å²) in [6, 6.07) is 4.92. The van der Waals surface area contributed by atoms with E-state index in [-0.39, 0.29) is 18.0 Å². The summed E-state index contributed by atoms with van der Waals surface area (Å²) >= 11 is 3.20. The van der Waals surface area contributed by atoms with E-state index in [1.807, 2.05) is 5.32 Å². The molecule has 0 radical (unpaired) electrons. The lowest BCUT2D eigenvalue weighted by Crippen LogP contribution is -2.40. The number of sulfonamides is 1. The summed E-state index contributed by atoms with van der Waals surface area (Å²) in [5.74, 6) is 0. The maximum Gasteiger partial charge on any atom is 0.405 e. The van der Waals surface area contributed by atoms with Crippen molar-refractivity contribution in [3.63, 3.8) is 0 Å². The van der Waals surface area contributed by atoms with E-state index < -0.39 is 28.3 Å². The van der Waals surface area contributed by atoms with Crippen molar-refractivity contribution in [1.29, 1.82) is 0 Å². The highest BCUT2D eigenvalue weighted by molar-refractivity contribution is 9.10. The summed E-state index contributed by atoms with van der Waals surface area (Å²) < 4.78 is 39.9. The van der Waals surface area contributed by atoms with Crippen LogP contribution >= 0.6 is 15.9 Å². The fourth-order valence-corrected chi connectivity index (χ4v) is 3.71. The van der Waals surface area contributed by atoms with Gasteiger partial charge in [-0.05, 0) is 24.3 Å². The average Bonchev–Trinajstić information content (AvgIpc) is 2.71. The van der Waals surface area contributed by atoms with E-state index in [9.17, 15) is 17.6 Å². The molecule has 1 amide bonds. The molecule has 1 heterocycles. The van der Waals surface area contributed by atoms with Crippen molar-refractivity contribution in [3.8, 4) is 0 Å². The van der Waals surface area contributed by atoms with Gasteiger partial charge in [0, 0.05) is 17.6 Å². The number of halogens is 2. The predicted molar refractivity (Wildman–Crippen MR) is 72.7 cm³/mol. The van der Waals surface area contributed by atoms with E-state index in [1.54, 1.807) is 12.1 Å². The van der Waals surface area contributed by atoms with Crippen molar-refractivity contribution in [2.75, 3.05) is 13.1 Å². The van der Waals surface area contributed by atoms with E-state index in [1.165, 1.54) is 12.1 Å². The number of carbonyl (C=O) groups is 1. The van der Waals surface area contributed by atoms with Gasteiger partial charge >= 0.3 is 6.09 Å². The van der Waals surface area contributed by atoms with Crippen molar-refractivity contribution in [2.24, 2.45) is 0 Å². The summed E-state index contributed by atoms with van der Waals surface area (Å²) in [5.41, 5.74) is 0. The number of hydrogen-bond donors (Lipinski definition) is 2. The first-order valence-electron chi connectivity index (χ1n) is 5.70. The van der Waals surface area contributed by atoms with Gasteiger partial charge in [0.1, 0.15) is 6.17 Å². The van der Waals surface area contributed by atoms with Crippen molar-refractivity contribution in [3.05, 3.63) is 28.7 Å². The lowest BCUT2D eigenvalue weighted by molar-refractivity contribution is 0.183. The number of hydrogen-bond acceptors (Lipinski definition) is 3. The fourth-order valence-electron chi connectivity index (χ4n) is 1.98. The van der Waals surface area contributed by atoms with Crippen LogP contribution in [0.1, 0.15) is 0 Å². The van der Waals surface area contributed by atoms with Gasteiger partial charge in [-0.3, -0.25) is 0 Å². The van der Waals surface area contributed by atoms with Gasteiger partial charge in [-0.25, -0.2) is 17.6 Å². The topological polar surface area (TPSA) is 86.7 Å². The highest BCUT2D eigenvalue weighted by Crippen LogP contribution is 2.24. The van der Waals surface area contributed by atoms with Gasteiger partial charge in [-0.2, -0.15) is 4.31 Å². The van der Waals surface area contributed by atoms with Crippen LogP contribution in [0.25, 0.3) is 0 Å². The number of benzene rings is 1. The molecule has 0 spiro atoms. The zero-order valence-electron chi connectivity index (χ0n) is 10.2. The first-order valence-corrected chi connectivity index (χ1v) is 7.93. The molecule has 0 aliphatic carbocycles. The average molecular weight is 367 g/mol. The highest BCUT2D eigenvalue weighted by Gasteiger charge is 2.40. The third kappa shape index (κ3) is 3.10. The number of nitrogens with zero attached hydrogens (tertiary/aromatic N) is 1. The molecule has 6 nitrogen and oxygen atoms in total. The van der Waals surface area contributed by atoms with Crippen LogP contribution < -0.4 is 5.32 Å². The molecule has 0 bridgehead atoms. The molecule has 2 rings (SSSR count). The second kappa shape index (κ2) is 5.66. The minimum absolute atomic E-state index is 0.0453. The van der Waals surface area contributed by atoms with Gasteiger partial charge < -0.3 is 10.4 Å². The number of rotatable bonds is 3. The van der Waals surface area contributed by atoms with Crippen LogP contribution in [-0.4, -0.2) is 49.2 Å². The van der Waals surface area contributed by atoms with Crippen molar-refractivity contribution >= 4 is 32.0 Å². The van der Waals surface area contributed by atoms with Gasteiger partial charge in [-0.15, -0.1) is 0 Å². The van der Waals surface area contributed by atoms with E-state index in [0.29, 0.717) is 0 Å². The Balaban J connectivity index is 2.19. The minimum Gasteiger partial charge on any atom is -0.465 e. The normalized spacial score (nSPS) is 23.7. The summed E-state index contributed by atoms with van der Waals surface area (Å²) in [6.45, 7) is -0.574. The maximum atomic E-state index is 13.7. The fraction of sp³-hybridized carbons (Fsp3) is 0.364. The molecular weight excluding hydrogens is 355 g/mol. The van der Waals surface area contributed by atoms with Crippen LogP contribution in [-0.2, 0) is 10.0 Å². The van der Waals surface area contributed by atoms with Gasteiger partial charge in [0.2, 0.25) is 10.0 Å². The molecule has 1 aliphatic heterocycles. The molecule has 0 unspecified atom stereocenters. The van der Waals surface area contributed by atoms with Crippen LogP contribution in [0.5, 0.6) is 0 Å². The largest absolute Gasteiger partial charge is 0.465 e. The third-order valence-electron chi connectivity index (χ3n) is 2.98. The van der Waals surface area contributed by atoms with E-state index >= 15 is 0 Å². The number of alkyl halides is 1. The first-order chi connectivity index (χ1) is 9.30. The van der Waals surface area contributed by atoms with Crippen LogP contribution in [0.3, 0.4) is 0 Å². The summed E-state index contributed by atoms with van der Waals surface area (Å²) in [7, 11) is -3.82. The Kier molecular flexibility index (Phi) is 4.31. The second-order valence-electron chi connectivity index (χ2n) is 4.35. The van der Waals surface area contributed by atoms with Crippen LogP contribution in [0.15, 0.2) is 33.6 Å². The Morgan fingerprint density at radius 2 is 1.95 bits per heavy atom. The van der Waals surface area contributed by atoms with Gasteiger partial charge in [0.25, 0.3) is 0 Å². The molecule has 1 aliphatic rings. The molecule has 1 aromatic carbocycles. The van der Waals surface area contributed by atoms with Crippen molar-refractivity contribution in [1.82, 2.24) is 9.62 Å². The smallest absolute Gasteiger partial charge is 0.405 e. The summed E-state index contributed by atoms with van der Waals surface area (Å²) in [6.07, 6.45) is -2.93. The van der Waals surface area contributed by atoms with E-state index in [0.717, 1.165) is 8.78 Å². The van der Waals surface area contributed by atoms with Crippen molar-refractivity contribution in [2.45, 2.75) is 17.1 Å². The molecule has 2 atom stereocenters. The Labute approximate surface area is 123 Å². The molecular formula is C11H12BrFN2O4S. The molecule has 0 aromatic heterocycles.